The molecule has 0 aliphatic carbocycles. The van der Waals surface area contributed by atoms with E-state index in [-0.39, 0.29) is 24.4 Å². The van der Waals surface area contributed by atoms with Crippen LogP contribution in [0.1, 0.15) is 27.9 Å². The summed E-state index contributed by atoms with van der Waals surface area (Å²) in [4.78, 5) is 28.4. The number of nitrogens with one attached hydrogen (secondary N) is 1. The normalized spacial score (nSPS) is 14.7. The Labute approximate surface area is 169 Å². The highest BCUT2D eigenvalue weighted by Crippen LogP contribution is 2.12. The summed E-state index contributed by atoms with van der Waals surface area (Å²) in [6.45, 7) is 5.93. The van der Waals surface area contributed by atoms with Crippen LogP contribution in [0.4, 0.5) is 8.78 Å². The first-order valence-corrected chi connectivity index (χ1v) is 9.71. The highest BCUT2D eigenvalue weighted by Gasteiger charge is 2.21. The molecule has 3 rings (SSSR count). The van der Waals surface area contributed by atoms with E-state index in [4.69, 9.17) is 0 Å². The summed E-state index contributed by atoms with van der Waals surface area (Å²) in [5.41, 5.74) is 2.27. The third kappa shape index (κ3) is 5.84. The van der Waals surface area contributed by atoms with Gasteiger partial charge in [0.25, 0.3) is 5.91 Å². The van der Waals surface area contributed by atoms with Gasteiger partial charge in [0, 0.05) is 51.8 Å². The SMILES string of the molecule is Cc1cccc(CN2CCN(C(=O)CCNC(=O)c3ccc(F)cc3F)CC2)c1. The van der Waals surface area contributed by atoms with Crippen LogP contribution in [0.2, 0.25) is 0 Å². The molecule has 2 aromatic rings. The average molecular weight is 401 g/mol. The Morgan fingerprint density at radius 1 is 1.03 bits per heavy atom. The molecule has 7 heteroatoms. The van der Waals surface area contributed by atoms with Crippen molar-refractivity contribution in [3.05, 3.63) is 70.8 Å². The fourth-order valence-electron chi connectivity index (χ4n) is 3.43. The van der Waals surface area contributed by atoms with Gasteiger partial charge < -0.3 is 10.2 Å². The molecule has 0 saturated carbocycles. The van der Waals surface area contributed by atoms with E-state index in [1.165, 1.54) is 11.1 Å². The molecule has 2 amide bonds. The predicted octanol–water partition coefficient (Wildman–Crippen LogP) is 2.74. The monoisotopic (exact) mass is 401 g/mol. The molecule has 0 spiro atoms. The van der Waals surface area contributed by atoms with Gasteiger partial charge in [-0.3, -0.25) is 14.5 Å². The molecule has 0 aromatic heterocycles. The number of aryl methyl sites for hydroxylation is 1. The van der Waals surface area contributed by atoms with Gasteiger partial charge in [0.1, 0.15) is 11.6 Å². The van der Waals surface area contributed by atoms with Crippen LogP contribution in [0.15, 0.2) is 42.5 Å². The quantitative estimate of drug-likeness (QED) is 0.810. The van der Waals surface area contributed by atoms with Crippen molar-refractivity contribution in [2.75, 3.05) is 32.7 Å². The molecule has 0 atom stereocenters. The first-order valence-electron chi connectivity index (χ1n) is 9.71. The largest absolute Gasteiger partial charge is 0.351 e. The Morgan fingerprint density at radius 2 is 1.79 bits per heavy atom. The lowest BCUT2D eigenvalue weighted by atomic mass is 10.1. The second-order valence-electron chi connectivity index (χ2n) is 7.28. The molecule has 0 unspecified atom stereocenters. The average Bonchev–Trinajstić information content (AvgIpc) is 2.68. The van der Waals surface area contributed by atoms with Gasteiger partial charge in [-0.2, -0.15) is 0 Å². The maximum atomic E-state index is 13.6. The number of carbonyl (C=O) groups excluding carboxylic acids is 2. The fourth-order valence-corrected chi connectivity index (χ4v) is 3.43. The summed E-state index contributed by atoms with van der Waals surface area (Å²) in [7, 11) is 0. The number of piperazine rings is 1. The molecular weight excluding hydrogens is 376 g/mol. The van der Waals surface area contributed by atoms with Gasteiger partial charge in [0.05, 0.1) is 5.56 Å². The molecule has 0 radical (unpaired) electrons. The number of halogens is 2. The minimum atomic E-state index is -0.918. The van der Waals surface area contributed by atoms with Crippen molar-refractivity contribution in [1.82, 2.24) is 15.1 Å². The zero-order valence-corrected chi connectivity index (χ0v) is 16.5. The summed E-state index contributed by atoms with van der Waals surface area (Å²) in [6, 6.07) is 11.2. The van der Waals surface area contributed by atoms with Crippen molar-refractivity contribution < 1.29 is 18.4 Å². The zero-order chi connectivity index (χ0) is 20.8. The van der Waals surface area contributed by atoms with Crippen LogP contribution in [0, 0.1) is 18.6 Å². The van der Waals surface area contributed by atoms with E-state index in [1.54, 1.807) is 4.90 Å². The van der Waals surface area contributed by atoms with E-state index < -0.39 is 17.5 Å². The Bertz CT molecular complexity index is 880. The minimum absolute atomic E-state index is 0.0416. The summed E-state index contributed by atoms with van der Waals surface area (Å²) in [5, 5.41) is 2.52. The third-order valence-electron chi connectivity index (χ3n) is 5.01. The maximum absolute atomic E-state index is 13.6. The van der Waals surface area contributed by atoms with Crippen LogP contribution in [0.25, 0.3) is 0 Å². The summed E-state index contributed by atoms with van der Waals surface area (Å²) in [5.74, 6) is -2.35. The Balaban J connectivity index is 1.40. The molecule has 1 N–H and O–H groups in total. The first-order chi connectivity index (χ1) is 13.9. The highest BCUT2D eigenvalue weighted by atomic mass is 19.1. The molecule has 154 valence electrons. The van der Waals surface area contributed by atoms with E-state index >= 15 is 0 Å². The third-order valence-corrected chi connectivity index (χ3v) is 5.01. The molecular formula is C22H25F2N3O2. The van der Waals surface area contributed by atoms with Gasteiger partial charge >= 0.3 is 0 Å². The molecule has 1 heterocycles. The number of rotatable bonds is 6. The van der Waals surface area contributed by atoms with Gasteiger partial charge in [-0.1, -0.05) is 29.8 Å². The maximum Gasteiger partial charge on any atom is 0.254 e. The molecule has 0 bridgehead atoms. The molecule has 1 aliphatic heterocycles. The van der Waals surface area contributed by atoms with Crippen LogP contribution in [-0.2, 0) is 11.3 Å². The van der Waals surface area contributed by atoms with Gasteiger partial charge in [-0.25, -0.2) is 8.78 Å². The van der Waals surface area contributed by atoms with Gasteiger partial charge in [0.15, 0.2) is 0 Å². The minimum Gasteiger partial charge on any atom is -0.351 e. The predicted molar refractivity (Wildman–Crippen MR) is 106 cm³/mol. The number of carbonyl (C=O) groups is 2. The lowest BCUT2D eigenvalue weighted by Crippen LogP contribution is -2.48. The number of amides is 2. The van der Waals surface area contributed by atoms with Crippen LogP contribution in [0.3, 0.4) is 0 Å². The first kappa shape index (κ1) is 20.9. The second kappa shape index (κ2) is 9.60. The topological polar surface area (TPSA) is 52.6 Å². The van der Waals surface area contributed by atoms with E-state index in [0.717, 1.165) is 31.8 Å². The van der Waals surface area contributed by atoms with Gasteiger partial charge in [-0.15, -0.1) is 0 Å². The van der Waals surface area contributed by atoms with Crippen molar-refractivity contribution >= 4 is 11.8 Å². The van der Waals surface area contributed by atoms with E-state index in [2.05, 4.69) is 41.4 Å². The molecule has 1 aliphatic rings. The standard InChI is InChI=1S/C22H25F2N3O2/c1-16-3-2-4-17(13-16)15-26-9-11-27(12-10-26)21(28)7-8-25-22(29)19-6-5-18(23)14-20(19)24/h2-6,13-14H,7-12,15H2,1H3,(H,25,29). The van der Waals surface area contributed by atoms with Crippen LogP contribution in [-0.4, -0.2) is 54.3 Å². The summed E-state index contributed by atoms with van der Waals surface area (Å²) >= 11 is 0. The summed E-state index contributed by atoms with van der Waals surface area (Å²) in [6.07, 6.45) is 0.145. The molecule has 5 nitrogen and oxygen atoms in total. The number of hydrogen-bond donors (Lipinski definition) is 1. The number of nitrogens with zero attached hydrogens (tertiary/aromatic N) is 2. The lowest BCUT2D eigenvalue weighted by Gasteiger charge is -2.35. The zero-order valence-electron chi connectivity index (χ0n) is 16.5. The van der Waals surface area contributed by atoms with Crippen molar-refractivity contribution in [3.63, 3.8) is 0 Å². The van der Waals surface area contributed by atoms with Crippen LogP contribution < -0.4 is 5.32 Å². The second-order valence-corrected chi connectivity index (χ2v) is 7.28. The molecule has 2 aromatic carbocycles. The number of benzene rings is 2. The lowest BCUT2D eigenvalue weighted by molar-refractivity contribution is -0.132. The Morgan fingerprint density at radius 3 is 2.48 bits per heavy atom. The fraction of sp³-hybridized carbons (Fsp3) is 0.364. The highest BCUT2D eigenvalue weighted by molar-refractivity contribution is 5.94. The van der Waals surface area contributed by atoms with Crippen molar-refractivity contribution in [1.29, 1.82) is 0 Å². The van der Waals surface area contributed by atoms with Crippen LogP contribution in [0.5, 0.6) is 0 Å². The van der Waals surface area contributed by atoms with E-state index in [9.17, 15) is 18.4 Å². The summed E-state index contributed by atoms with van der Waals surface area (Å²) < 4.78 is 26.5. The van der Waals surface area contributed by atoms with E-state index in [0.29, 0.717) is 19.2 Å². The Hall–Kier alpha value is -2.80. The molecule has 29 heavy (non-hydrogen) atoms. The van der Waals surface area contributed by atoms with Crippen LogP contribution >= 0.6 is 0 Å². The van der Waals surface area contributed by atoms with Crippen molar-refractivity contribution in [2.24, 2.45) is 0 Å². The van der Waals surface area contributed by atoms with Gasteiger partial charge in [-0.05, 0) is 24.6 Å². The number of hydrogen-bond acceptors (Lipinski definition) is 3. The van der Waals surface area contributed by atoms with Crippen molar-refractivity contribution in [3.8, 4) is 0 Å². The molecule has 1 fully saturated rings. The molecule has 1 saturated heterocycles. The van der Waals surface area contributed by atoms with Gasteiger partial charge in [0.2, 0.25) is 5.91 Å². The van der Waals surface area contributed by atoms with E-state index in [1.807, 2.05) is 0 Å². The van der Waals surface area contributed by atoms with Crippen molar-refractivity contribution in [2.45, 2.75) is 19.9 Å². The Kier molecular flexibility index (Phi) is 6.93. The smallest absolute Gasteiger partial charge is 0.254 e.